The van der Waals surface area contributed by atoms with Gasteiger partial charge in [0.15, 0.2) is 5.78 Å². The zero-order valence-electron chi connectivity index (χ0n) is 9.13. The van der Waals surface area contributed by atoms with Gasteiger partial charge >= 0.3 is 0 Å². The molecule has 0 aliphatic carbocycles. The zero-order chi connectivity index (χ0) is 11.3. The smallest absolute Gasteiger partial charge is 0.164 e. The Kier molecular flexibility index (Phi) is 3.93. The van der Waals surface area contributed by atoms with E-state index in [0.717, 1.165) is 5.56 Å². The van der Waals surface area contributed by atoms with E-state index in [1.54, 1.807) is 19.1 Å². The van der Waals surface area contributed by atoms with Gasteiger partial charge in [0.25, 0.3) is 0 Å². The Balaban J connectivity index is 2.81. The van der Waals surface area contributed by atoms with Crippen LogP contribution in [0.25, 0.3) is 0 Å². The molecule has 2 heteroatoms. The first kappa shape index (κ1) is 11.3. The second kappa shape index (κ2) is 5.21. The van der Waals surface area contributed by atoms with E-state index in [0.29, 0.717) is 24.1 Å². The molecule has 0 saturated heterocycles. The topological polar surface area (TPSA) is 43.1 Å². The quantitative estimate of drug-likeness (QED) is 0.464. The first-order valence-corrected chi connectivity index (χ1v) is 4.94. The Morgan fingerprint density at radius 2 is 2.20 bits per heavy atom. The summed E-state index contributed by atoms with van der Waals surface area (Å²) in [5, 5.41) is 0. The van der Waals surface area contributed by atoms with Crippen LogP contribution in [-0.4, -0.2) is 5.78 Å². The number of hydrogen-bond donors (Lipinski definition) is 1. The van der Waals surface area contributed by atoms with E-state index in [2.05, 4.69) is 11.8 Å². The van der Waals surface area contributed by atoms with Crippen molar-refractivity contribution in [2.45, 2.75) is 26.7 Å². The molecule has 2 N–H and O–H groups in total. The van der Waals surface area contributed by atoms with Gasteiger partial charge in [0, 0.05) is 24.1 Å². The van der Waals surface area contributed by atoms with Crippen molar-refractivity contribution >= 4 is 11.5 Å². The summed E-state index contributed by atoms with van der Waals surface area (Å²) in [6.45, 7) is 3.64. The standard InChI is InChI=1S/C13H15NO/c1-3-4-5-9-13(15)11-7-6-8-12(14)10(11)2/h6-8H,5,9,14H2,1-2H3. The highest BCUT2D eigenvalue weighted by molar-refractivity contribution is 5.98. The maximum atomic E-state index is 11.8. The molecule has 0 heterocycles. The number of benzene rings is 1. The molecule has 0 bridgehead atoms. The van der Waals surface area contributed by atoms with Gasteiger partial charge in [-0.2, -0.15) is 0 Å². The van der Waals surface area contributed by atoms with Crippen molar-refractivity contribution in [3.8, 4) is 11.8 Å². The molecule has 0 atom stereocenters. The van der Waals surface area contributed by atoms with Gasteiger partial charge in [0.1, 0.15) is 0 Å². The predicted molar refractivity (Wildman–Crippen MR) is 62.6 cm³/mol. The highest BCUT2D eigenvalue weighted by Crippen LogP contribution is 2.17. The average Bonchev–Trinajstić information content (AvgIpc) is 2.22. The molecule has 78 valence electrons. The Bertz CT molecular complexity index is 424. The lowest BCUT2D eigenvalue weighted by molar-refractivity contribution is 0.0984. The molecule has 1 rings (SSSR count). The molecule has 0 aliphatic rings. The predicted octanol–water partition coefficient (Wildman–Crippen LogP) is 2.56. The van der Waals surface area contributed by atoms with Gasteiger partial charge in [0.2, 0.25) is 0 Å². The number of carbonyl (C=O) groups is 1. The van der Waals surface area contributed by atoms with Gasteiger partial charge in [-0.05, 0) is 25.5 Å². The molecular weight excluding hydrogens is 186 g/mol. The minimum absolute atomic E-state index is 0.113. The minimum atomic E-state index is 0.113. The Morgan fingerprint density at radius 3 is 2.87 bits per heavy atom. The number of rotatable bonds is 3. The maximum absolute atomic E-state index is 11.8. The van der Waals surface area contributed by atoms with Crippen molar-refractivity contribution in [3.05, 3.63) is 29.3 Å². The molecule has 1 aromatic rings. The maximum Gasteiger partial charge on any atom is 0.164 e. The van der Waals surface area contributed by atoms with Gasteiger partial charge in [-0.3, -0.25) is 4.79 Å². The largest absolute Gasteiger partial charge is 0.398 e. The van der Waals surface area contributed by atoms with E-state index in [4.69, 9.17) is 5.73 Å². The minimum Gasteiger partial charge on any atom is -0.398 e. The van der Waals surface area contributed by atoms with Gasteiger partial charge in [-0.1, -0.05) is 12.1 Å². The molecule has 0 aromatic heterocycles. The van der Waals surface area contributed by atoms with Crippen molar-refractivity contribution in [2.75, 3.05) is 5.73 Å². The van der Waals surface area contributed by atoms with Crippen LogP contribution in [0.1, 0.15) is 35.7 Å². The number of anilines is 1. The summed E-state index contributed by atoms with van der Waals surface area (Å²) in [4.78, 5) is 11.8. The van der Waals surface area contributed by atoms with Gasteiger partial charge in [-0.15, -0.1) is 11.8 Å². The van der Waals surface area contributed by atoms with Crippen LogP contribution in [-0.2, 0) is 0 Å². The Hall–Kier alpha value is -1.75. The number of nitrogen functional groups attached to an aromatic ring is 1. The number of hydrogen-bond acceptors (Lipinski definition) is 2. The Labute approximate surface area is 90.5 Å². The van der Waals surface area contributed by atoms with Gasteiger partial charge in [0.05, 0.1) is 0 Å². The molecular formula is C13H15NO. The zero-order valence-corrected chi connectivity index (χ0v) is 9.13. The van der Waals surface area contributed by atoms with Crippen LogP contribution in [0.3, 0.4) is 0 Å². The molecule has 0 radical (unpaired) electrons. The number of carbonyl (C=O) groups excluding carboxylic acids is 1. The van der Waals surface area contributed by atoms with Crippen molar-refractivity contribution < 1.29 is 4.79 Å². The number of ketones is 1. The summed E-state index contributed by atoms with van der Waals surface area (Å²) < 4.78 is 0. The van der Waals surface area contributed by atoms with Crippen LogP contribution >= 0.6 is 0 Å². The van der Waals surface area contributed by atoms with Crippen LogP contribution in [0.2, 0.25) is 0 Å². The van der Waals surface area contributed by atoms with Crippen LogP contribution in [0.5, 0.6) is 0 Å². The molecule has 0 amide bonds. The number of Topliss-reactive ketones (excluding diaryl/α,β-unsaturated/α-hetero) is 1. The SMILES string of the molecule is CC#CCCC(=O)c1cccc(N)c1C. The lowest BCUT2D eigenvalue weighted by Gasteiger charge is -2.05. The molecule has 0 aliphatic heterocycles. The summed E-state index contributed by atoms with van der Waals surface area (Å²) >= 11 is 0. The van der Waals surface area contributed by atoms with Crippen LogP contribution in [0.15, 0.2) is 18.2 Å². The summed E-state index contributed by atoms with van der Waals surface area (Å²) in [6.07, 6.45) is 1.08. The molecule has 0 saturated carbocycles. The highest BCUT2D eigenvalue weighted by atomic mass is 16.1. The highest BCUT2D eigenvalue weighted by Gasteiger charge is 2.09. The molecule has 0 fully saturated rings. The monoisotopic (exact) mass is 201 g/mol. The van der Waals surface area contributed by atoms with Crippen LogP contribution < -0.4 is 5.73 Å². The molecule has 2 nitrogen and oxygen atoms in total. The third-order valence-electron chi connectivity index (χ3n) is 2.33. The molecule has 15 heavy (non-hydrogen) atoms. The first-order chi connectivity index (χ1) is 7.16. The number of nitrogens with two attached hydrogens (primary N) is 1. The van der Waals surface area contributed by atoms with Crippen molar-refractivity contribution in [3.63, 3.8) is 0 Å². The summed E-state index contributed by atoms with van der Waals surface area (Å²) in [5.74, 6) is 5.77. The molecule has 0 spiro atoms. The van der Waals surface area contributed by atoms with Crippen molar-refractivity contribution in [1.29, 1.82) is 0 Å². The van der Waals surface area contributed by atoms with Crippen molar-refractivity contribution in [2.24, 2.45) is 0 Å². The molecule has 1 aromatic carbocycles. The second-order valence-electron chi connectivity index (χ2n) is 3.37. The van der Waals surface area contributed by atoms with Gasteiger partial charge < -0.3 is 5.73 Å². The van der Waals surface area contributed by atoms with Crippen LogP contribution in [0.4, 0.5) is 5.69 Å². The summed E-state index contributed by atoms with van der Waals surface area (Å²) in [5.41, 5.74) is 7.99. The van der Waals surface area contributed by atoms with E-state index < -0.39 is 0 Å². The second-order valence-corrected chi connectivity index (χ2v) is 3.37. The normalized spacial score (nSPS) is 9.20. The van der Waals surface area contributed by atoms with E-state index in [-0.39, 0.29) is 5.78 Å². The fourth-order valence-corrected chi connectivity index (χ4v) is 1.39. The summed E-state index contributed by atoms with van der Waals surface area (Å²) in [6, 6.07) is 5.42. The average molecular weight is 201 g/mol. The Morgan fingerprint density at radius 1 is 1.47 bits per heavy atom. The van der Waals surface area contributed by atoms with E-state index in [9.17, 15) is 4.79 Å². The van der Waals surface area contributed by atoms with Crippen molar-refractivity contribution in [1.82, 2.24) is 0 Å². The van der Waals surface area contributed by atoms with E-state index in [1.165, 1.54) is 0 Å². The van der Waals surface area contributed by atoms with E-state index in [1.807, 2.05) is 13.0 Å². The van der Waals surface area contributed by atoms with Crippen LogP contribution in [0, 0.1) is 18.8 Å². The van der Waals surface area contributed by atoms with E-state index >= 15 is 0 Å². The van der Waals surface area contributed by atoms with Gasteiger partial charge in [-0.25, -0.2) is 0 Å². The lowest BCUT2D eigenvalue weighted by Crippen LogP contribution is -2.03. The fraction of sp³-hybridized carbons (Fsp3) is 0.308. The summed E-state index contributed by atoms with van der Waals surface area (Å²) in [7, 11) is 0. The third-order valence-corrected chi connectivity index (χ3v) is 2.33. The first-order valence-electron chi connectivity index (χ1n) is 4.94. The molecule has 0 unspecified atom stereocenters. The third kappa shape index (κ3) is 2.85. The fourth-order valence-electron chi connectivity index (χ4n) is 1.39. The lowest BCUT2D eigenvalue weighted by atomic mass is 10.0.